The van der Waals surface area contributed by atoms with Crippen LogP contribution in [-0.4, -0.2) is 34.0 Å². The minimum atomic E-state index is -0.502. The third-order valence-corrected chi connectivity index (χ3v) is 2.23. The molecule has 0 radical (unpaired) electrons. The van der Waals surface area contributed by atoms with Gasteiger partial charge in [-0.1, -0.05) is 0 Å². The molecule has 0 bridgehead atoms. The van der Waals surface area contributed by atoms with Crippen LogP contribution < -0.4 is 4.74 Å². The molecule has 1 aromatic rings. The molecule has 7 nitrogen and oxygen atoms in total. The van der Waals surface area contributed by atoms with Crippen molar-refractivity contribution < 1.29 is 14.4 Å². The SMILES string of the molecule is Cn1ncc([N+](=O)[O-])c1O[C@H]1CCOC1. The van der Waals surface area contributed by atoms with Crippen LogP contribution in [0.4, 0.5) is 5.69 Å². The third kappa shape index (κ3) is 1.91. The van der Waals surface area contributed by atoms with E-state index in [1.165, 1.54) is 10.9 Å². The standard InChI is InChI=1S/C8H11N3O4/c1-10-8(7(4-9-10)11(12)13)15-6-2-3-14-5-6/h4,6H,2-3,5H2,1H3/t6-/m0/s1. The van der Waals surface area contributed by atoms with Crippen molar-refractivity contribution in [2.45, 2.75) is 12.5 Å². The van der Waals surface area contributed by atoms with E-state index in [-0.39, 0.29) is 17.7 Å². The molecule has 1 fully saturated rings. The number of nitrogens with zero attached hydrogens (tertiary/aromatic N) is 3. The maximum Gasteiger partial charge on any atom is 0.350 e. The normalized spacial score (nSPS) is 20.5. The largest absolute Gasteiger partial charge is 0.467 e. The molecule has 1 aliphatic rings. The van der Waals surface area contributed by atoms with Gasteiger partial charge < -0.3 is 9.47 Å². The lowest BCUT2D eigenvalue weighted by Gasteiger charge is -2.10. The van der Waals surface area contributed by atoms with Crippen LogP contribution in [0.3, 0.4) is 0 Å². The van der Waals surface area contributed by atoms with Crippen molar-refractivity contribution >= 4 is 5.69 Å². The summed E-state index contributed by atoms with van der Waals surface area (Å²) < 4.78 is 12.0. The van der Waals surface area contributed by atoms with Crippen LogP contribution in [-0.2, 0) is 11.8 Å². The first-order chi connectivity index (χ1) is 7.18. The molecule has 1 saturated heterocycles. The van der Waals surface area contributed by atoms with Gasteiger partial charge in [-0.25, -0.2) is 4.68 Å². The molecule has 0 unspecified atom stereocenters. The summed E-state index contributed by atoms with van der Waals surface area (Å²) in [7, 11) is 1.61. The van der Waals surface area contributed by atoms with Gasteiger partial charge in [-0.15, -0.1) is 0 Å². The molecule has 0 aliphatic carbocycles. The second-order valence-electron chi connectivity index (χ2n) is 3.32. The van der Waals surface area contributed by atoms with Gasteiger partial charge in [-0.2, -0.15) is 5.10 Å². The maximum absolute atomic E-state index is 10.6. The Morgan fingerprint density at radius 2 is 2.60 bits per heavy atom. The quantitative estimate of drug-likeness (QED) is 0.539. The van der Waals surface area contributed by atoms with Crippen molar-refractivity contribution in [2.75, 3.05) is 13.2 Å². The molecule has 1 aliphatic heterocycles. The van der Waals surface area contributed by atoms with Crippen LogP contribution in [0.1, 0.15) is 6.42 Å². The lowest BCUT2D eigenvalue weighted by atomic mass is 10.3. The van der Waals surface area contributed by atoms with Gasteiger partial charge >= 0.3 is 5.69 Å². The molecule has 0 amide bonds. The summed E-state index contributed by atoms with van der Waals surface area (Å²) in [6, 6.07) is 0. The average molecular weight is 213 g/mol. The Balaban J connectivity index is 2.18. The highest BCUT2D eigenvalue weighted by atomic mass is 16.6. The van der Waals surface area contributed by atoms with E-state index >= 15 is 0 Å². The lowest BCUT2D eigenvalue weighted by Crippen LogP contribution is -2.18. The van der Waals surface area contributed by atoms with Crippen LogP contribution in [0.2, 0.25) is 0 Å². The molecule has 0 spiro atoms. The van der Waals surface area contributed by atoms with E-state index in [9.17, 15) is 10.1 Å². The number of aromatic nitrogens is 2. The second-order valence-corrected chi connectivity index (χ2v) is 3.32. The zero-order valence-corrected chi connectivity index (χ0v) is 8.25. The number of nitro groups is 1. The summed E-state index contributed by atoms with van der Waals surface area (Å²) in [6.07, 6.45) is 1.83. The number of ether oxygens (including phenoxy) is 2. The van der Waals surface area contributed by atoms with Crippen LogP contribution >= 0.6 is 0 Å². The molecule has 15 heavy (non-hydrogen) atoms. The molecule has 0 saturated carbocycles. The topological polar surface area (TPSA) is 79.4 Å². The molecule has 7 heteroatoms. The summed E-state index contributed by atoms with van der Waals surface area (Å²) in [5.41, 5.74) is -0.107. The Labute approximate surface area is 85.7 Å². The first-order valence-corrected chi connectivity index (χ1v) is 4.59. The average Bonchev–Trinajstić information content (AvgIpc) is 2.78. The second kappa shape index (κ2) is 3.85. The van der Waals surface area contributed by atoms with Crippen molar-refractivity contribution in [3.63, 3.8) is 0 Å². The van der Waals surface area contributed by atoms with E-state index in [2.05, 4.69) is 5.10 Å². The van der Waals surface area contributed by atoms with E-state index in [0.717, 1.165) is 6.42 Å². The summed E-state index contributed by atoms with van der Waals surface area (Å²) in [4.78, 5) is 10.1. The number of hydrogen-bond donors (Lipinski definition) is 0. The Bertz CT molecular complexity index is 370. The zero-order valence-electron chi connectivity index (χ0n) is 8.25. The van der Waals surface area contributed by atoms with E-state index in [4.69, 9.17) is 9.47 Å². The lowest BCUT2D eigenvalue weighted by molar-refractivity contribution is -0.386. The molecule has 0 N–H and O–H groups in total. The molecular weight excluding hydrogens is 202 g/mol. The molecule has 1 atom stereocenters. The Morgan fingerprint density at radius 1 is 1.80 bits per heavy atom. The number of hydrogen-bond acceptors (Lipinski definition) is 5. The Morgan fingerprint density at radius 3 is 3.20 bits per heavy atom. The van der Waals surface area contributed by atoms with Crippen LogP contribution in [0.5, 0.6) is 5.88 Å². The van der Waals surface area contributed by atoms with Crippen molar-refractivity contribution in [1.29, 1.82) is 0 Å². The minimum absolute atomic E-state index is 0.107. The van der Waals surface area contributed by atoms with E-state index in [1.807, 2.05) is 0 Å². The number of rotatable bonds is 3. The number of aryl methyl sites for hydroxylation is 1. The van der Waals surface area contributed by atoms with Crippen LogP contribution in [0.15, 0.2) is 6.20 Å². The highest BCUT2D eigenvalue weighted by molar-refractivity contribution is 5.39. The Hall–Kier alpha value is -1.63. The van der Waals surface area contributed by atoms with Gasteiger partial charge in [0.05, 0.1) is 18.1 Å². The van der Waals surface area contributed by atoms with E-state index < -0.39 is 4.92 Å². The van der Waals surface area contributed by atoms with E-state index in [1.54, 1.807) is 7.05 Å². The summed E-state index contributed by atoms with van der Waals surface area (Å²) in [5.74, 6) is 0.190. The van der Waals surface area contributed by atoms with E-state index in [0.29, 0.717) is 13.2 Å². The molecular formula is C8H11N3O4. The van der Waals surface area contributed by atoms with Crippen molar-refractivity contribution in [3.05, 3.63) is 16.3 Å². The van der Waals surface area contributed by atoms with Gasteiger partial charge in [-0.05, 0) is 0 Å². The van der Waals surface area contributed by atoms with Crippen molar-refractivity contribution in [3.8, 4) is 5.88 Å². The molecule has 0 aromatic carbocycles. The highest BCUT2D eigenvalue weighted by Gasteiger charge is 2.26. The first kappa shape index (κ1) is 9.91. The molecule has 2 heterocycles. The van der Waals surface area contributed by atoms with Crippen LogP contribution in [0, 0.1) is 10.1 Å². The molecule has 1 aromatic heterocycles. The van der Waals surface area contributed by atoms with Gasteiger partial charge in [0.25, 0.3) is 5.88 Å². The molecule has 82 valence electrons. The first-order valence-electron chi connectivity index (χ1n) is 4.59. The minimum Gasteiger partial charge on any atom is -0.467 e. The van der Waals surface area contributed by atoms with Crippen molar-refractivity contribution in [2.24, 2.45) is 7.05 Å². The maximum atomic E-state index is 10.6. The van der Waals surface area contributed by atoms with Crippen molar-refractivity contribution in [1.82, 2.24) is 9.78 Å². The fourth-order valence-corrected chi connectivity index (χ4v) is 1.44. The fourth-order valence-electron chi connectivity index (χ4n) is 1.44. The predicted octanol–water partition coefficient (Wildman–Crippen LogP) is 0.496. The van der Waals surface area contributed by atoms with Gasteiger partial charge in [0.1, 0.15) is 12.3 Å². The summed E-state index contributed by atoms with van der Waals surface area (Å²) in [5, 5.41) is 14.4. The molecule has 2 rings (SSSR count). The predicted molar refractivity (Wildman–Crippen MR) is 49.7 cm³/mol. The van der Waals surface area contributed by atoms with Gasteiger partial charge in [0.15, 0.2) is 0 Å². The summed E-state index contributed by atoms with van der Waals surface area (Å²) in [6.45, 7) is 1.11. The van der Waals surface area contributed by atoms with Crippen LogP contribution in [0.25, 0.3) is 0 Å². The fraction of sp³-hybridized carbons (Fsp3) is 0.625. The zero-order chi connectivity index (χ0) is 10.8. The summed E-state index contributed by atoms with van der Waals surface area (Å²) >= 11 is 0. The van der Waals surface area contributed by atoms with Gasteiger partial charge in [0.2, 0.25) is 0 Å². The highest BCUT2D eigenvalue weighted by Crippen LogP contribution is 2.27. The monoisotopic (exact) mass is 213 g/mol. The van der Waals surface area contributed by atoms with Gasteiger partial charge in [-0.3, -0.25) is 10.1 Å². The van der Waals surface area contributed by atoms with Gasteiger partial charge in [0, 0.05) is 13.5 Å². The third-order valence-electron chi connectivity index (χ3n) is 2.23. The Kier molecular flexibility index (Phi) is 2.55. The smallest absolute Gasteiger partial charge is 0.350 e.